The molecular weight excluding hydrogens is 376 g/mol. The van der Waals surface area contributed by atoms with Crippen LogP contribution in [0, 0.1) is 0 Å². The molecule has 0 bridgehead atoms. The van der Waals surface area contributed by atoms with E-state index in [1.165, 1.54) is 26.4 Å². The fraction of sp³-hybridized carbons (Fsp3) is 0.286. The first-order valence-electron chi connectivity index (χ1n) is 8.81. The fourth-order valence-corrected chi connectivity index (χ4v) is 2.62. The fourth-order valence-electron chi connectivity index (χ4n) is 2.62. The largest absolute Gasteiger partial charge is 0.493 e. The van der Waals surface area contributed by atoms with Crippen molar-refractivity contribution in [1.82, 2.24) is 5.32 Å². The summed E-state index contributed by atoms with van der Waals surface area (Å²) in [5.41, 5.74) is 1.95. The Morgan fingerprint density at radius 3 is 2.28 bits per heavy atom. The van der Waals surface area contributed by atoms with Crippen LogP contribution in [0.15, 0.2) is 36.4 Å². The first kappa shape index (κ1) is 21.7. The molecular formula is C21H24N2O6. The Bertz CT molecular complexity index is 877. The van der Waals surface area contributed by atoms with Crippen LogP contribution in [0.2, 0.25) is 0 Å². The molecule has 0 spiro atoms. The summed E-state index contributed by atoms with van der Waals surface area (Å²) in [5, 5.41) is 2.68. The summed E-state index contributed by atoms with van der Waals surface area (Å²) in [5.74, 6) is -0.975. The lowest BCUT2D eigenvalue weighted by Crippen LogP contribution is -2.28. The third kappa shape index (κ3) is 5.47. The number of ether oxygens (including phenoxy) is 3. The quantitative estimate of drug-likeness (QED) is 0.509. The number of methoxy groups -OCH3 is 2. The summed E-state index contributed by atoms with van der Waals surface area (Å²) in [7, 11) is 6.64. The molecule has 1 N–H and O–H groups in total. The second-order valence-corrected chi connectivity index (χ2v) is 6.30. The van der Waals surface area contributed by atoms with E-state index >= 15 is 0 Å². The highest BCUT2D eigenvalue weighted by Crippen LogP contribution is 2.33. The second-order valence-electron chi connectivity index (χ2n) is 6.30. The van der Waals surface area contributed by atoms with Gasteiger partial charge in [0.05, 0.1) is 14.2 Å². The molecule has 0 unspecified atom stereocenters. The Labute approximate surface area is 169 Å². The highest BCUT2D eigenvalue weighted by atomic mass is 16.5. The van der Waals surface area contributed by atoms with Gasteiger partial charge in [-0.05, 0) is 29.8 Å². The van der Waals surface area contributed by atoms with Crippen LogP contribution in [0.5, 0.6) is 11.5 Å². The van der Waals surface area contributed by atoms with Crippen LogP contribution in [0.25, 0.3) is 0 Å². The topological polar surface area (TPSA) is 94.2 Å². The number of nitrogens with zero attached hydrogens (tertiary/aromatic N) is 1. The van der Waals surface area contributed by atoms with E-state index in [0.717, 1.165) is 11.3 Å². The summed E-state index contributed by atoms with van der Waals surface area (Å²) in [6.07, 6.45) is 0.510. The maximum absolute atomic E-state index is 12.5. The second kappa shape index (κ2) is 10.1. The number of anilines is 1. The lowest BCUT2D eigenvalue weighted by molar-refractivity contribution is -0.124. The van der Waals surface area contributed by atoms with Crippen LogP contribution in [0.4, 0.5) is 5.69 Å². The normalized spacial score (nSPS) is 10.1. The Balaban J connectivity index is 1.98. The van der Waals surface area contributed by atoms with Crippen molar-refractivity contribution in [3.05, 3.63) is 53.1 Å². The molecule has 29 heavy (non-hydrogen) atoms. The van der Waals surface area contributed by atoms with Crippen molar-refractivity contribution in [3.8, 4) is 11.5 Å². The van der Waals surface area contributed by atoms with E-state index in [-0.39, 0.29) is 22.6 Å². The van der Waals surface area contributed by atoms with Gasteiger partial charge >= 0.3 is 5.97 Å². The molecule has 0 saturated carbocycles. The van der Waals surface area contributed by atoms with Gasteiger partial charge < -0.3 is 24.4 Å². The van der Waals surface area contributed by atoms with Gasteiger partial charge in [0.25, 0.3) is 5.91 Å². The Morgan fingerprint density at radius 2 is 1.72 bits per heavy atom. The SMILES string of the molecule is COc1ccc(C=O)c(C(=O)OCC(=O)NCc2ccc(N(C)C)cc2)c1OC. The lowest BCUT2D eigenvalue weighted by atomic mass is 10.1. The Morgan fingerprint density at radius 1 is 1.03 bits per heavy atom. The maximum atomic E-state index is 12.5. The molecule has 0 aliphatic rings. The minimum absolute atomic E-state index is 0.0727. The number of esters is 1. The predicted octanol–water partition coefficient (Wildman–Crippen LogP) is 2.06. The minimum Gasteiger partial charge on any atom is -0.493 e. The van der Waals surface area contributed by atoms with Crippen molar-refractivity contribution in [1.29, 1.82) is 0 Å². The van der Waals surface area contributed by atoms with E-state index in [2.05, 4.69) is 5.32 Å². The summed E-state index contributed by atoms with van der Waals surface area (Å²) < 4.78 is 15.4. The predicted molar refractivity (Wildman–Crippen MR) is 108 cm³/mol. The van der Waals surface area contributed by atoms with Crippen LogP contribution in [0.1, 0.15) is 26.3 Å². The molecule has 2 aromatic carbocycles. The first-order valence-corrected chi connectivity index (χ1v) is 8.81. The standard InChI is InChI=1S/C21H24N2O6/c1-23(2)16-8-5-14(6-9-16)11-22-18(25)13-29-21(26)19-15(12-24)7-10-17(27-3)20(19)28-4/h5-10,12H,11,13H2,1-4H3,(H,22,25). The number of carbonyl (C=O) groups excluding carboxylic acids is 3. The summed E-state index contributed by atoms with van der Waals surface area (Å²) >= 11 is 0. The highest BCUT2D eigenvalue weighted by molar-refractivity contribution is 6.02. The van der Waals surface area contributed by atoms with Crippen molar-refractivity contribution in [2.24, 2.45) is 0 Å². The van der Waals surface area contributed by atoms with Gasteiger partial charge in [-0.1, -0.05) is 12.1 Å². The average Bonchev–Trinajstić information content (AvgIpc) is 2.74. The lowest BCUT2D eigenvalue weighted by Gasteiger charge is -2.14. The van der Waals surface area contributed by atoms with E-state index in [4.69, 9.17) is 14.2 Å². The molecule has 0 atom stereocenters. The van der Waals surface area contributed by atoms with Crippen LogP contribution >= 0.6 is 0 Å². The number of hydrogen-bond acceptors (Lipinski definition) is 7. The van der Waals surface area contributed by atoms with Gasteiger partial charge in [-0.25, -0.2) is 4.79 Å². The molecule has 0 aliphatic carbocycles. The zero-order valence-electron chi connectivity index (χ0n) is 16.9. The van der Waals surface area contributed by atoms with Crippen molar-refractivity contribution in [2.45, 2.75) is 6.54 Å². The smallest absolute Gasteiger partial charge is 0.343 e. The number of benzene rings is 2. The number of nitrogens with one attached hydrogen (secondary N) is 1. The van der Waals surface area contributed by atoms with Crippen LogP contribution < -0.4 is 19.7 Å². The molecule has 0 aliphatic heterocycles. The van der Waals surface area contributed by atoms with Gasteiger partial charge in [-0.2, -0.15) is 0 Å². The third-order valence-electron chi connectivity index (χ3n) is 4.19. The Kier molecular flexibility index (Phi) is 7.59. The molecule has 154 valence electrons. The monoisotopic (exact) mass is 400 g/mol. The van der Waals surface area contributed by atoms with Crippen LogP contribution in [-0.2, 0) is 16.1 Å². The van der Waals surface area contributed by atoms with Gasteiger partial charge in [0.2, 0.25) is 0 Å². The number of rotatable bonds is 9. The van der Waals surface area contributed by atoms with Crippen LogP contribution in [0.3, 0.4) is 0 Å². The Hall–Kier alpha value is -3.55. The number of aldehydes is 1. The van der Waals surface area contributed by atoms with E-state index in [0.29, 0.717) is 12.8 Å². The van der Waals surface area contributed by atoms with Gasteiger partial charge in [0, 0.05) is 31.9 Å². The van der Waals surface area contributed by atoms with Crippen molar-refractivity contribution in [2.75, 3.05) is 39.8 Å². The zero-order chi connectivity index (χ0) is 21.4. The third-order valence-corrected chi connectivity index (χ3v) is 4.19. The van der Waals surface area contributed by atoms with E-state index < -0.39 is 18.5 Å². The molecule has 2 aromatic rings. The van der Waals surface area contributed by atoms with E-state index in [1.807, 2.05) is 43.3 Å². The number of hydrogen-bond donors (Lipinski definition) is 1. The van der Waals surface area contributed by atoms with Gasteiger partial charge in [0.1, 0.15) is 5.56 Å². The first-order chi connectivity index (χ1) is 13.9. The molecule has 8 nitrogen and oxygen atoms in total. The van der Waals surface area contributed by atoms with Gasteiger partial charge in [-0.15, -0.1) is 0 Å². The molecule has 8 heteroatoms. The molecule has 0 heterocycles. The zero-order valence-corrected chi connectivity index (χ0v) is 16.9. The van der Waals surface area contributed by atoms with Gasteiger partial charge in [-0.3, -0.25) is 9.59 Å². The molecule has 2 rings (SSSR count). The molecule has 0 radical (unpaired) electrons. The van der Waals surface area contributed by atoms with Crippen molar-refractivity contribution in [3.63, 3.8) is 0 Å². The number of amides is 1. The van der Waals surface area contributed by atoms with Crippen molar-refractivity contribution < 1.29 is 28.6 Å². The van der Waals surface area contributed by atoms with Gasteiger partial charge in [0.15, 0.2) is 24.4 Å². The van der Waals surface area contributed by atoms with E-state index in [1.54, 1.807) is 0 Å². The summed E-state index contributed by atoms with van der Waals surface area (Å²) in [4.78, 5) is 37.7. The number of carbonyl (C=O) groups is 3. The summed E-state index contributed by atoms with van der Waals surface area (Å²) in [6.45, 7) is -0.195. The summed E-state index contributed by atoms with van der Waals surface area (Å²) in [6, 6.07) is 10.6. The maximum Gasteiger partial charge on any atom is 0.343 e. The molecule has 0 saturated heterocycles. The van der Waals surface area contributed by atoms with Crippen LogP contribution in [-0.4, -0.2) is 53.1 Å². The van der Waals surface area contributed by atoms with Crippen molar-refractivity contribution >= 4 is 23.9 Å². The molecule has 0 fully saturated rings. The highest BCUT2D eigenvalue weighted by Gasteiger charge is 2.23. The molecule has 0 aromatic heterocycles. The van der Waals surface area contributed by atoms with E-state index in [9.17, 15) is 14.4 Å². The minimum atomic E-state index is -0.853. The molecule has 1 amide bonds. The average molecular weight is 400 g/mol.